The minimum absolute atomic E-state index is 0.208. The molecule has 0 heterocycles. The molecule has 1 saturated carbocycles. The molecule has 3 heteroatoms. The smallest absolute Gasteiger partial charge is 0.142 e. The number of hydrogen-bond acceptors (Lipinski definition) is 1. The van der Waals surface area contributed by atoms with E-state index in [1.807, 2.05) is 6.07 Å². The van der Waals surface area contributed by atoms with Crippen molar-refractivity contribution in [3.8, 4) is 0 Å². The predicted molar refractivity (Wildman–Crippen MR) is 79.0 cm³/mol. The lowest BCUT2D eigenvalue weighted by Gasteiger charge is -2.27. The highest BCUT2D eigenvalue weighted by molar-refractivity contribution is 6.30. The van der Waals surface area contributed by atoms with Crippen LogP contribution in [0.2, 0.25) is 5.02 Å². The molecular formula is C16H23ClFN. The average Bonchev–Trinajstić information content (AvgIpc) is 2.68. The van der Waals surface area contributed by atoms with Gasteiger partial charge in [0.2, 0.25) is 0 Å². The Hall–Kier alpha value is -0.600. The predicted octanol–water partition coefficient (Wildman–Crippen LogP) is 5.10. The first-order chi connectivity index (χ1) is 9.22. The summed E-state index contributed by atoms with van der Waals surface area (Å²) in [7, 11) is 0. The molecule has 2 rings (SSSR count). The summed E-state index contributed by atoms with van der Waals surface area (Å²) in [5, 5.41) is 3.74. The summed E-state index contributed by atoms with van der Waals surface area (Å²) < 4.78 is 13.7. The van der Waals surface area contributed by atoms with Crippen LogP contribution in [0.25, 0.3) is 0 Å². The quantitative estimate of drug-likeness (QED) is 0.758. The van der Waals surface area contributed by atoms with Gasteiger partial charge in [-0.15, -0.1) is 0 Å². The van der Waals surface area contributed by atoms with E-state index in [2.05, 4.69) is 12.2 Å². The molecule has 106 valence electrons. The first-order valence-corrected chi connectivity index (χ1v) is 7.78. The Balaban J connectivity index is 2.19. The summed E-state index contributed by atoms with van der Waals surface area (Å²) in [6.45, 7) is 3.02. The van der Waals surface area contributed by atoms with Crippen LogP contribution in [0.5, 0.6) is 0 Å². The SMILES string of the molecule is CCNC(c1ccc(Cl)c(F)c1)C1CCCCCC1. The van der Waals surface area contributed by atoms with Crippen molar-refractivity contribution in [3.63, 3.8) is 0 Å². The Morgan fingerprint density at radius 2 is 1.95 bits per heavy atom. The standard InChI is InChI=1S/C16H23ClFN/c1-2-19-16(12-7-5-3-4-6-8-12)13-9-10-14(17)15(18)11-13/h9-12,16,19H,2-8H2,1H3. The lowest BCUT2D eigenvalue weighted by Crippen LogP contribution is -2.28. The number of rotatable bonds is 4. The van der Waals surface area contributed by atoms with Gasteiger partial charge in [-0.2, -0.15) is 0 Å². The highest BCUT2D eigenvalue weighted by Crippen LogP contribution is 2.34. The van der Waals surface area contributed by atoms with Gasteiger partial charge in [-0.3, -0.25) is 0 Å². The average molecular weight is 284 g/mol. The van der Waals surface area contributed by atoms with E-state index in [-0.39, 0.29) is 16.9 Å². The van der Waals surface area contributed by atoms with Crippen molar-refractivity contribution in [1.29, 1.82) is 0 Å². The monoisotopic (exact) mass is 283 g/mol. The molecule has 1 N–H and O–H groups in total. The maximum atomic E-state index is 13.7. The van der Waals surface area contributed by atoms with E-state index in [1.54, 1.807) is 12.1 Å². The molecule has 0 bridgehead atoms. The van der Waals surface area contributed by atoms with Crippen molar-refractivity contribution >= 4 is 11.6 Å². The third kappa shape index (κ3) is 3.93. The van der Waals surface area contributed by atoms with E-state index in [1.165, 1.54) is 38.5 Å². The molecule has 1 nitrogen and oxygen atoms in total. The fraction of sp³-hybridized carbons (Fsp3) is 0.625. The van der Waals surface area contributed by atoms with Crippen LogP contribution in [-0.2, 0) is 0 Å². The van der Waals surface area contributed by atoms with Gasteiger partial charge in [0.1, 0.15) is 5.82 Å². The van der Waals surface area contributed by atoms with Crippen molar-refractivity contribution in [2.24, 2.45) is 5.92 Å². The highest BCUT2D eigenvalue weighted by Gasteiger charge is 2.24. The van der Waals surface area contributed by atoms with Crippen molar-refractivity contribution in [2.75, 3.05) is 6.54 Å². The normalized spacial score (nSPS) is 19.1. The second-order valence-corrected chi connectivity index (χ2v) is 5.87. The molecule has 1 atom stereocenters. The van der Waals surface area contributed by atoms with Crippen molar-refractivity contribution < 1.29 is 4.39 Å². The van der Waals surface area contributed by atoms with Crippen LogP contribution >= 0.6 is 11.6 Å². The summed E-state index contributed by atoms with van der Waals surface area (Å²) in [5.74, 6) is 0.304. The van der Waals surface area contributed by atoms with Crippen LogP contribution in [0.4, 0.5) is 4.39 Å². The molecule has 1 aromatic carbocycles. The van der Waals surface area contributed by atoms with E-state index in [4.69, 9.17) is 11.6 Å². The second kappa shape index (κ2) is 7.25. The van der Waals surface area contributed by atoms with Crippen LogP contribution in [0.15, 0.2) is 18.2 Å². The lowest BCUT2D eigenvalue weighted by atomic mass is 9.87. The Bertz CT molecular complexity index is 400. The van der Waals surface area contributed by atoms with Crippen LogP contribution in [0, 0.1) is 11.7 Å². The zero-order valence-electron chi connectivity index (χ0n) is 11.6. The molecule has 0 aliphatic heterocycles. The van der Waals surface area contributed by atoms with Crippen LogP contribution in [0.3, 0.4) is 0 Å². The van der Waals surface area contributed by atoms with Crippen LogP contribution < -0.4 is 5.32 Å². The molecule has 0 amide bonds. The van der Waals surface area contributed by atoms with Gasteiger partial charge in [-0.25, -0.2) is 4.39 Å². The number of halogens is 2. The van der Waals surface area contributed by atoms with Gasteiger partial charge in [0.15, 0.2) is 0 Å². The zero-order chi connectivity index (χ0) is 13.7. The number of nitrogens with one attached hydrogen (secondary N) is 1. The Morgan fingerprint density at radius 3 is 2.53 bits per heavy atom. The third-order valence-electron chi connectivity index (χ3n) is 4.10. The van der Waals surface area contributed by atoms with Crippen LogP contribution in [-0.4, -0.2) is 6.54 Å². The lowest BCUT2D eigenvalue weighted by molar-refractivity contribution is 0.329. The second-order valence-electron chi connectivity index (χ2n) is 5.46. The first kappa shape index (κ1) is 14.8. The third-order valence-corrected chi connectivity index (χ3v) is 4.40. The Kier molecular flexibility index (Phi) is 5.65. The fourth-order valence-corrected chi connectivity index (χ4v) is 3.24. The topological polar surface area (TPSA) is 12.0 Å². The first-order valence-electron chi connectivity index (χ1n) is 7.40. The summed E-state index contributed by atoms with van der Waals surface area (Å²) >= 11 is 5.78. The van der Waals surface area contributed by atoms with Gasteiger partial charge in [0.05, 0.1) is 5.02 Å². The summed E-state index contributed by atoms with van der Waals surface area (Å²) in [6, 6.07) is 5.49. The van der Waals surface area contributed by atoms with Gasteiger partial charge in [0, 0.05) is 6.04 Å². The molecule has 1 aliphatic rings. The molecule has 1 aromatic rings. The molecular weight excluding hydrogens is 261 g/mol. The molecule has 0 spiro atoms. The fourth-order valence-electron chi connectivity index (χ4n) is 3.13. The largest absolute Gasteiger partial charge is 0.310 e. The van der Waals surface area contributed by atoms with Crippen molar-refractivity contribution in [1.82, 2.24) is 5.32 Å². The number of hydrogen-bond donors (Lipinski definition) is 1. The molecule has 1 fully saturated rings. The minimum Gasteiger partial charge on any atom is -0.310 e. The van der Waals surface area contributed by atoms with E-state index in [0.29, 0.717) is 5.92 Å². The number of benzene rings is 1. The van der Waals surface area contributed by atoms with E-state index < -0.39 is 0 Å². The van der Waals surface area contributed by atoms with Crippen molar-refractivity contribution in [3.05, 3.63) is 34.6 Å². The Labute approximate surface area is 120 Å². The van der Waals surface area contributed by atoms with Crippen molar-refractivity contribution in [2.45, 2.75) is 51.5 Å². The summed E-state index contributed by atoms with van der Waals surface area (Å²) in [5.41, 5.74) is 1.04. The highest BCUT2D eigenvalue weighted by atomic mass is 35.5. The Morgan fingerprint density at radius 1 is 1.26 bits per heavy atom. The van der Waals surface area contributed by atoms with Gasteiger partial charge < -0.3 is 5.32 Å². The maximum Gasteiger partial charge on any atom is 0.142 e. The van der Waals surface area contributed by atoms with Gasteiger partial charge in [-0.1, -0.05) is 50.3 Å². The van der Waals surface area contributed by atoms with E-state index >= 15 is 0 Å². The summed E-state index contributed by atoms with van der Waals surface area (Å²) in [6.07, 6.45) is 7.74. The molecule has 0 saturated heterocycles. The molecule has 0 radical (unpaired) electrons. The molecule has 19 heavy (non-hydrogen) atoms. The maximum absolute atomic E-state index is 13.7. The molecule has 1 unspecified atom stereocenters. The van der Waals surface area contributed by atoms with Gasteiger partial charge >= 0.3 is 0 Å². The minimum atomic E-state index is -0.310. The van der Waals surface area contributed by atoms with Gasteiger partial charge in [0.25, 0.3) is 0 Å². The molecule has 1 aliphatic carbocycles. The van der Waals surface area contributed by atoms with Gasteiger partial charge in [-0.05, 0) is 43.0 Å². The zero-order valence-corrected chi connectivity index (χ0v) is 12.3. The molecule has 0 aromatic heterocycles. The van der Waals surface area contributed by atoms with E-state index in [0.717, 1.165) is 12.1 Å². The van der Waals surface area contributed by atoms with Crippen LogP contribution in [0.1, 0.15) is 57.1 Å². The van der Waals surface area contributed by atoms with E-state index in [9.17, 15) is 4.39 Å². The summed E-state index contributed by atoms with van der Waals surface area (Å²) in [4.78, 5) is 0.